The number of nitrogens with zero attached hydrogens (tertiary/aromatic N) is 2. The van der Waals surface area contributed by atoms with Crippen molar-refractivity contribution in [3.63, 3.8) is 0 Å². The van der Waals surface area contributed by atoms with Crippen molar-refractivity contribution in [3.8, 4) is 0 Å². The van der Waals surface area contributed by atoms with Crippen LogP contribution in [0.2, 0.25) is 0 Å². The maximum Gasteiger partial charge on any atom is 0.509 e. The predicted molar refractivity (Wildman–Crippen MR) is 202 cm³/mol. The first-order valence-electron chi connectivity index (χ1n) is 19.4. The summed E-state index contributed by atoms with van der Waals surface area (Å²) in [5.41, 5.74) is -1.52. The van der Waals surface area contributed by atoms with Gasteiger partial charge in [-0.1, -0.05) is 63.2 Å². The molecule has 3 N–H and O–H groups in total. The van der Waals surface area contributed by atoms with Crippen LogP contribution >= 0.6 is 0 Å². The maximum absolute atomic E-state index is 14.3. The van der Waals surface area contributed by atoms with Gasteiger partial charge >= 0.3 is 18.2 Å². The Morgan fingerprint density at radius 1 is 1.04 bits per heavy atom. The second kappa shape index (κ2) is 18.6. The smallest absolute Gasteiger partial charge is 0.457 e. The standard InChI is InChI=1S/C40H61N3O13/c1-12-27-40(8)34(55-38(48)56-40)22(3)28(42-49)21(2)20-39(7,50-11)33(23(4)30(44)24(5)35(46)52-27)54-36-31(45)29(43(9)10)32(25(6)51-36)53-37(47)41-19-18-26-16-14-13-15-17-26/h13-17,21-25,27,29,31-34,36,45,49H,12,18-20H2,1-11H3,(H,41,47)/b42-28+/t21-,22+,23+,24-,25-,27-,29-,31-,32-,33-,34-,36+,39+,40-/m1/s1. The molecule has 1 aromatic rings. The van der Waals surface area contributed by atoms with Crippen LogP contribution in [0.25, 0.3) is 0 Å². The quantitative estimate of drug-likeness (QED) is 0.106. The van der Waals surface area contributed by atoms with Crippen LogP contribution in [-0.2, 0) is 49.2 Å². The van der Waals surface area contributed by atoms with Crippen LogP contribution < -0.4 is 5.32 Å². The molecule has 0 radical (unpaired) electrons. The number of ketones is 1. The minimum atomic E-state index is -1.47. The molecule has 14 atom stereocenters. The second-order valence-electron chi connectivity index (χ2n) is 16.0. The van der Waals surface area contributed by atoms with E-state index in [9.17, 15) is 29.5 Å². The van der Waals surface area contributed by atoms with Crippen molar-refractivity contribution in [2.45, 2.75) is 135 Å². The lowest BCUT2D eigenvalue weighted by Crippen LogP contribution is -2.65. The Labute approximate surface area is 329 Å². The van der Waals surface area contributed by atoms with Crippen LogP contribution in [0.4, 0.5) is 9.59 Å². The lowest BCUT2D eigenvalue weighted by molar-refractivity contribution is -0.312. The Balaban J connectivity index is 1.65. The van der Waals surface area contributed by atoms with E-state index in [0.29, 0.717) is 13.0 Å². The number of ether oxygens (including phenoxy) is 7. The van der Waals surface area contributed by atoms with Crippen molar-refractivity contribution >= 4 is 29.7 Å². The van der Waals surface area contributed by atoms with Crippen LogP contribution in [0.1, 0.15) is 73.8 Å². The van der Waals surface area contributed by atoms with Crippen LogP contribution in [-0.4, -0.2) is 133 Å². The Kier molecular flexibility index (Phi) is 14.9. The summed E-state index contributed by atoms with van der Waals surface area (Å²) in [6, 6.07) is 8.88. The molecule has 314 valence electrons. The first-order valence-corrected chi connectivity index (χ1v) is 19.4. The lowest BCUT2D eigenvalue weighted by Gasteiger charge is -2.49. The highest BCUT2D eigenvalue weighted by atomic mass is 16.8. The normalized spacial score (nSPS) is 39.2. The molecule has 0 spiro atoms. The van der Waals surface area contributed by atoms with Gasteiger partial charge in [-0.3, -0.25) is 9.59 Å². The van der Waals surface area contributed by atoms with Gasteiger partial charge in [0.15, 0.2) is 23.8 Å². The summed E-state index contributed by atoms with van der Waals surface area (Å²) in [4.78, 5) is 55.3. The summed E-state index contributed by atoms with van der Waals surface area (Å²) in [5.74, 6) is -5.01. The summed E-state index contributed by atoms with van der Waals surface area (Å²) in [6.45, 7) is 13.6. The number of benzene rings is 1. The molecule has 0 aliphatic carbocycles. The lowest BCUT2D eigenvalue weighted by atomic mass is 9.74. The number of hydrogen-bond donors (Lipinski definition) is 3. The topological polar surface area (TPSA) is 201 Å². The molecule has 3 aliphatic rings. The van der Waals surface area contributed by atoms with E-state index in [1.165, 1.54) is 14.0 Å². The summed E-state index contributed by atoms with van der Waals surface area (Å²) in [7, 11) is 4.90. The predicted octanol–water partition coefficient (Wildman–Crippen LogP) is 4.11. The zero-order valence-electron chi connectivity index (χ0n) is 34.4. The number of cyclic esters (lactones) is 1. The number of fused-ring (bicyclic) bond motifs is 1. The van der Waals surface area contributed by atoms with Crippen molar-refractivity contribution in [2.75, 3.05) is 27.7 Å². The number of aliphatic hydroxyl groups is 1. The maximum atomic E-state index is 14.3. The van der Waals surface area contributed by atoms with Crippen molar-refractivity contribution in [1.29, 1.82) is 0 Å². The first kappa shape index (κ1) is 44.9. The molecule has 1 amide bonds. The highest BCUT2D eigenvalue weighted by Crippen LogP contribution is 2.42. The van der Waals surface area contributed by atoms with E-state index in [2.05, 4.69) is 10.5 Å². The van der Waals surface area contributed by atoms with E-state index in [4.69, 9.17) is 33.2 Å². The SMILES string of the molecule is CC[C@H]1OC(=O)[C@H](C)C(=O)[C@H](C)[C@@H](O[C@@H]2O[C@H](C)[C@@H](OC(=O)NCCc3ccccc3)[C@H](N(C)C)[C@H]2O)[C@@](C)(OC)C[C@@H](C)/C(=N\O)[C@H](C)[C@H]2OC(=O)O[C@@]21C. The van der Waals surface area contributed by atoms with E-state index >= 15 is 0 Å². The number of Topliss-reactive ketones (excluding diaryl/α,β-unsaturated/α-hetero) is 1. The molecular weight excluding hydrogens is 730 g/mol. The van der Waals surface area contributed by atoms with Crippen LogP contribution in [0, 0.1) is 23.7 Å². The first-order chi connectivity index (χ1) is 26.3. The molecule has 0 aromatic heterocycles. The molecule has 16 heteroatoms. The second-order valence-corrected chi connectivity index (χ2v) is 16.0. The minimum Gasteiger partial charge on any atom is -0.457 e. The third-order valence-corrected chi connectivity index (χ3v) is 11.8. The zero-order chi connectivity index (χ0) is 41.7. The fourth-order valence-corrected chi connectivity index (χ4v) is 8.59. The van der Waals surface area contributed by atoms with Gasteiger partial charge in [-0.25, -0.2) is 9.59 Å². The van der Waals surface area contributed by atoms with E-state index in [1.54, 1.807) is 67.5 Å². The average Bonchev–Trinajstić information content (AvgIpc) is 3.47. The van der Waals surface area contributed by atoms with Gasteiger partial charge in [0, 0.05) is 31.4 Å². The van der Waals surface area contributed by atoms with Crippen LogP contribution in [0.3, 0.4) is 0 Å². The number of hydrogen-bond acceptors (Lipinski definition) is 15. The Morgan fingerprint density at radius 3 is 2.29 bits per heavy atom. The molecule has 3 saturated heterocycles. The molecular formula is C40H61N3O13. The van der Waals surface area contributed by atoms with Gasteiger partial charge in [0.05, 0.1) is 29.6 Å². The zero-order valence-corrected chi connectivity index (χ0v) is 34.4. The molecule has 0 bridgehead atoms. The van der Waals surface area contributed by atoms with E-state index < -0.39 is 108 Å². The molecule has 16 nitrogen and oxygen atoms in total. The molecule has 0 unspecified atom stereocenters. The monoisotopic (exact) mass is 791 g/mol. The summed E-state index contributed by atoms with van der Waals surface area (Å²) < 4.78 is 42.0. The number of carbonyl (C=O) groups excluding carboxylic acids is 4. The van der Waals surface area contributed by atoms with E-state index in [0.717, 1.165) is 5.56 Å². The van der Waals surface area contributed by atoms with Gasteiger partial charge in [-0.2, -0.15) is 0 Å². The Hall–Kier alpha value is -3.83. The Morgan fingerprint density at radius 2 is 1.70 bits per heavy atom. The van der Waals surface area contributed by atoms with Gasteiger partial charge in [-0.15, -0.1) is 0 Å². The number of nitrogens with one attached hydrogen (secondary N) is 1. The molecule has 0 saturated carbocycles. The van der Waals surface area contributed by atoms with Crippen molar-refractivity contribution < 1.29 is 62.6 Å². The van der Waals surface area contributed by atoms with E-state index in [1.807, 2.05) is 30.3 Å². The fourth-order valence-electron chi connectivity index (χ4n) is 8.59. The van der Waals surface area contributed by atoms with Gasteiger partial charge in [0.1, 0.15) is 24.2 Å². The van der Waals surface area contributed by atoms with Gasteiger partial charge in [-0.05, 0) is 66.6 Å². The number of esters is 1. The number of aliphatic hydroxyl groups excluding tert-OH is 1. The molecule has 3 heterocycles. The highest BCUT2D eigenvalue weighted by molar-refractivity contribution is 6.00. The van der Waals surface area contributed by atoms with Gasteiger partial charge in [0.25, 0.3) is 0 Å². The summed E-state index contributed by atoms with van der Waals surface area (Å²) in [5, 5.41) is 28.7. The number of carbonyl (C=O) groups is 4. The van der Waals surface area contributed by atoms with Crippen molar-refractivity contribution in [3.05, 3.63) is 35.9 Å². The van der Waals surface area contributed by atoms with Gasteiger partial charge in [0.2, 0.25) is 0 Å². The van der Waals surface area contributed by atoms with Crippen molar-refractivity contribution in [2.24, 2.45) is 28.8 Å². The number of amides is 1. The molecule has 1 aromatic carbocycles. The number of alkyl carbamates (subject to hydrolysis) is 1. The third-order valence-electron chi connectivity index (χ3n) is 11.8. The number of likely N-dealkylation sites (N-methyl/N-ethyl adjacent to an activating group) is 1. The average molecular weight is 792 g/mol. The van der Waals surface area contributed by atoms with Crippen molar-refractivity contribution in [1.82, 2.24) is 10.2 Å². The van der Waals surface area contributed by atoms with Gasteiger partial charge < -0.3 is 53.7 Å². The Bertz CT molecular complexity index is 1560. The third kappa shape index (κ3) is 9.47. The fraction of sp³-hybridized carbons (Fsp3) is 0.725. The summed E-state index contributed by atoms with van der Waals surface area (Å²) >= 11 is 0. The number of oxime groups is 1. The summed E-state index contributed by atoms with van der Waals surface area (Å²) in [6.07, 6.45) is -8.36. The molecule has 56 heavy (non-hydrogen) atoms. The molecule has 4 rings (SSSR count). The largest absolute Gasteiger partial charge is 0.509 e. The molecule has 3 aliphatic heterocycles. The van der Waals surface area contributed by atoms with E-state index in [-0.39, 0.29) is 18.6 Å². The van der Waals surface area contributed by atoms with Crippen LogP contribution in [0.15, 0.2) is 35.5 Å². The molecule has 3 fully saturated rings. The number of methoxy groups -OCH3 is 1. The minimum absolute atomic E-state index is 0.105. The number of rotatable bonds is 9. The highest BCUT2D eigenvalue weighted by Gasteiger charge is 2.59. The van der Waals surface area contributed by atoms with Crippen LogP contribution in [0.5, 0.6) is 0 Å².